The molecular weight excluding hydrogens is 344 g/mol. The zero-order valence-electron chi connectivity index (χ0n) is 15.1. The number of rotatable bonds is 3. The number of hydrogen-bond acceptors (Lipinski definition) is 5. The van der Waals surface area contributed by atoms with Gasteiger partial charge in [0, 0.05) is 23.7 Å². The Bertz CT molecular complexity index is 949. The average Bonchev–Trinajstić information content (AvgIpc) is 3.17. The first-order valence-electron chi connectivity index (χ1n) is 8.90. The van der Waals surface area contributed by atoms with Crippen LogP contribution in [0.25, 0.3) is 0 Å². The van der Waals surface area contributed by atoms with E-state index >= 15 is 0 Å². The van der Waals surface area contributed by atoms with Gasteiger partial charge < -0.3 is 10.1 Å². The molecule has 0 aromatic heterocycles. The number of aryl methyl sites for hydroxylation is 1. The van der Waals surface area contributed by atoms with Crippen molar-refractivity contribution in [3.63, 3.8) is 0 Å². The molecule has 2 aromatic carbocycles. The molecule has 1 heterocycles. The van der Waals surface area contributed by atoms with Crippen LogP contribution in [0.3, 0.4) is 0 Å². The lowest BCUT2D eigenvalue weighted by Gasteiger charge is -2.39. The second kappa shape index (κ2) is 6.54. The molecule has 0 unspecified atom stereocenters. The van der Waals surface area contributed by atoms with E-state index < -0.39 is 0 Å². The van der Waals surface area contributed by atoms with Crippen molar-refractivity contribution in [1.29, 1.82) is 0 Å². The number of benzene rings is 2. The summed E-state index contributed by atoms with van der Waals surface area (Å²) in [6.45, 7) is 2.01. The number of carbonyl (C=O) groups is 1. The second-order valence-corrected chi connectivity index (χ2v) is 7.03. The molecule has 0 saturated carbocycles. The SMILES string of the molecule is COC(=O)c1ccc(C)c2c1[C@@H]1C=CC[C@H]1[C@H](c1ccc([N+](=O)[O-])cc1)N2. The maximum absolute atomic E-state index is 12.3. The van der Waals surface area contributed by atoms with E-state index in [-0.39, 0.29) is 34.5 Å². The average molecular weight is 364 g/mol. The van der Waals surface area contributed by atoms with Gasteiger partial charge in [-0.15, -0.1) is 0 Å². The third-order valence-electron chi connectivity index (χ3n) is 5.60. The van der Waals surface area contributed by atoms with Gasteiger partial charge in [0.1, 0.15) is 0 Å². The van der Waals surface area contributed by atoms with Gasteiger partial charge in [0.05, 0.1) is 23.6 Å². The van der Waals surface area contributed by atoms with Crippen LogP contribution < -0.4 is 5.32 Å². The Labute approximate surface area is 157 Å². The minimum Gasteiger partial charge on any atom is -0.465 e. The van der Waals surface area contributed by atoms with E-state index in [0.717, 1.165) is 28.8 Å². The third-order valence-corrected chi connectivity index (χ3v) is 5.60. The molecule has 0 bridgehead atoms. The zero-order valence-corrected chi connectivity index (χ0v) is 15.1. The Hall–Kier alpha value is -3.15. The maximum atomic E-state index is 12.3. The topological polar surface area (TPSA) is 81.5 Å². The number of nitrogens with one attached hydrogen (secondary N) is 1. The lowest BCUT2D eigenvalue weighted by molar-refractivity contribution is -0.384. The highest BCUT2D eigenvalue weighted by Gasteiger charge is 2.40. The number of allylic oxidation sites excluding steroid dienone is 2. The summed E-state index contributed by atoms with van der Waals surface area (Å²) >= 11 is 0. The standard InChI is InChI=1S/C21H20N2O4/c1-12-6-11-17(21(24)27-2)18-15-4-3-5-16(15)20(22-19(12)18)13-7-9-14(10-8-13)23(25)26/h3-4,6-11,15-16,20,22H,5H2,1-2H3/t15-,16-,20+/m1/s1. The van der Waals surface area contributed by atoms with Crippen LogP contribution in [-0.4, -0.2) is 18.0 Å². The van der Waals surface area contributed by atoms with Crippen molar-refractivity contribution in [3.8, 4) is 0 Å². The van der Waals surface area contributed by atoms with Crippen LogP contribution in [-0.2, 0) is 4.74 Å². The fraction of sp³-hybridized carbons (Fsp3) is 0.286. The number of non-ortho nitro benzene ring substituents is 1. The molecule has 1 aliphatic carbocycles. The quantitative estimate of drug-likeness (QED) is 0.375. The molecule has 0 amide bonds. The Morgan fingerprint density at radius 2 is 1.96 bits per heavy atom. The zero-order chi connectivity index (χ0) is 19.1. The number of hydrogen-bond donors (Lipinski definition) is 1. The molecule has 0 saturated heterocycles. The summed E-state index contributed by atoms with van der Waals surface area (Å²) < 4.78 is 4.98. The van der Waals surface area contributed by atoms with Crippen LogP contribution >= 0.6 is 0 Å². The number of esters is 1. The summed E-state index contributed by atoms with van der Waals surface area (Å²) in [6, 6.07) is 10.5. The second-order valence-electron chi connectivity index (χ2n) is 7.03. The predicted molar refractivity (Wildman–Crippen MR) is 102 cm³/mol. The summed E-state index contributed by atoms with van der Waals surface area (Å²) in [4.78, 5) is 22.9. The number of nitrogens with zero attached hydrogens (tertiary/aromatic N) is 1. The summed E-state index contributed by atoms with van der Waals surface area (Å²) in [6.07, 6.45) is 5.19. The third kappa shape index (κ3) is 2.77. The lowest BCUT2D eigenvalue weighted by atomic mass is 9.74. The number of methoxy groups -OCH3 is 1. The summed E-state index contributed by atoms with van der Waals surface area (Å²) in [5.74, 6) is 0.0143. The first-order chi connectivity index (χ1) is 13.0. The van der Waals surface area contributed by atoms with Gasteiger partial charge in [0.15, 0.2) is 0 Å². The van der Waals surface area contributed by atoms with Crippen molar-refractivity contribution in [2.75, 3.05) is 12.4 Å². The van der Waals surface area contributed by atoms with Crippen molar-refractivity contribution in [2.45, 2.75) is 25.3 Å². The molecule has 0 radical (unpaired) electrons. The van der Waals surface area contributed by atoms with E-state index in [0.29, 0.717) is 5.56 Å². The molecule has 6 nitrogen and oxygen atoms in total. The summed E-state index contributed by atoms with van der Waals surface area (Å²) in [5.41, 5.74) is 4.68. The van der Waals surface area contributed by atoms with Gasteiger partial charge in [-0.05, 0) is 42.0 Å². The molecular formula is C21H20N2O4. The fourth-order valence-electron chi connectivity index (χ4n) is 4.28. The summed E-state index contributed by atoms with van der Waals surface area (Å²) in [7, 11) is 1.40. The van der Waals surface area contributed by atoms with E-state index in [2.05, 4.69) is 17.5 Å². The van der Waals surface area contributed by atoms with Crippen molar-refractivity contribution >= 4 is 17.3 Å². The number of nitro benzene ring substituents is 1. The fourth-order valence-corrected chi connectivity index (χ4v) is 4.28. The molecule has 4 rings (SSSR count). The van der Waals surface area contributed by atoms with E-state index in [4.69, 9.17) is 4.74 Å². The minimum atomic E-state index is -0.389. The largest absolute Gasteiger partial charge is 0.465 e. The Balaban J connectivity index is 1.80. The number of ether oxygens (including phenoxy) is 1. The molecule has 0 spiro atoms. The van der Waals surface area contributed by atoms with Crippen LogP contribution in [0, 0.1) is 23.0 Å². The van der Waals surface area contributed by atoms with Crippen molar-refractivity contribution in [2.24, 2.45) is 5.92 Å². The highest BCUT2D eigenvalue weighted by Crippen LogP contribution is 2.51. The lowest BCUT2D eigenvalue weighted by Crippen LogP contribution is -2.31. The number of carbonyl (C=O) groups excluding carboxylic acids is 1. The number of fused-ring (bicyclic) bond motifs is 3. The first kappa shape index (κ1) is 17.3. The van der Waals surface area contributed by atoms with Gasteiger partial charge in [-0.3, -0.25) is 10.1 Å². The Morgan fingerprint density at radius 3 is 2.63 bits per heavy atom. The number of nitro groups is 1. The minimum absolute atomic E-state index is 0.0184. The van der Waals surface area contributed by atoms with Crippen LogP contribution in [0.4, 0.5) is 11.4 Å². The highest BCUT2D eigenvalue weighted by molar-refractivity contribution is 5.94. The van der Waals surface area contributed by atoms with Gasteiger partial charge in [-0.1, -0.05) is 30.4 Å². The normalized spacial score (nSPS) is 22.5. The van der Waals surface area contributed by atoms with Gasteiger partial charge in [0.2, 0.25) is 0 Å². The molecule has 1 aliphatic heterocycles. The number of anilines is 1. The predicted octanol–water partition coefficient (Wildman–Crippen LogP) is 4.52. The van der Waals surface area contributed by atoms with Crippen LogP contribution in [0.15, 0.2) is 48.6 Å². The summed E-state index contributed by atoms with van der Waals surface area (Å²) in [5, 5.41) is 14.5. The monoisotopic (exact) mass is 364 g/mol. The molecule has 2 aromatic rings. The maximum Gasteiger partial charge on any atom is 0.338 e. The van der Waals surface area contributed by atoms with Crippen molar-refractivity contribution < 1.29 is 14.5 Å². The molecule has 27 heavy (non-hydrogen) atoms. The molecule has 0 fully saturated rings. The van der Waals surface area contributed by atoms with Crippen molar-refractivity contribution in [3.05, 3.63) is 80.9 Å². The highest BCUT2D eigenvalue weighted by atomic mass is 16.6. The molecule has 1 N–H and O–H groups in total. The molecule has 138 valence electrons. The first-order valence-corrected chi connectivity index (χ1v) is 8.90. The van der Waals surface area contributed by atoms with Crippen molar-refractivity contribution in [1.82, 2.24) is 0 Å². The Kier molecular flexibility index (Phi) is 4.18. The van der Waals surface area contributed by atoms with Crippen LogP contribution in [0.1, 0.15) is 45.4 Å². The van der Waals surface area contributed by atoms with E-state index in [1.807, 2.05) is 31.2 Å². The van der Waals surface area contributed by atoms with Gasteiger partial charge in [-0.25, -0.2) is 4.79 Å². The van der Waals surface area contributed by atoms with Crippen LogP contribution in [0.5, 0.6) is 0 Å². The van der Waals surface area contributed by atoms with E-state index in [9.17, 15) is 14.9 Å². The van der Waals surface area contributed by atoms with Gasteiger partial charge in [0.25, 0.3) is 5.69 Å². The smallest absolute Gasteiger partial charge is 0.338 e. The molecule has 3 atom stereocenters. The van der Waals surface area contributed by atoms with Gasteiger partial charge >= 0.3 is 5.97 Å². The van der Waals surface area contributed by atoms with E-state index in [1.54, 1.807) is 12.1 Å². The van der Waals surface area contributed by atoms with Gasteiger partial charge in [-0.2, -0.15) is 0 Å². The molecule has 6 heteroatoms. The Morgan fingerprint density at radius 1 is 1.22 bits per heavy atom. The van der Waals surface area contributed by atoms with E-state index in [1.165, 1.54) is 7.11 Å². The molecule has 2 aliphatic rings. The van der Waals surface area contributed by atoms with Crippen LogP contribution in [0.2, 0.25) is 0 Å².